The van der Waals surface area contributed by atoms with Crippen LogP contribution in [0.25, 0.3) is 10.9 Å². The minimum Gasteiger partial charge on any atom is -0.396 e. The first-order valence-electron chi connectivity index (χ1n) is 6.16. The second kappa shape index (κ2) is 5.04. The van der Waals surface area contributed by atoms with E-state index in [1.54, 1.807) is 6.20 Å². The number of hydrogen-bond donors (Lipinski definition) is 1. The molecule has 3 nitrogen and oxygen atoms in total. The van der Waals surface area contributed by atoms with Crippen LogP contribution >= 0.6 is 0 Å². The smallest absolute Gasteiger partial charge is 0.0724 e. The molecule has 2 rings (SSSR count). The molecule has 2 N–H and O–H groups in total. The maximum absolute atomic E-state index is 6.24. The molecule has 0 aliphatic heterocycles. The van der Waals surface area contributed by atoms with E-state index in [1.165, 1.54) is 0 Å². The maximum Gasteiger partial charge on any atom is 0.0724 e. The molecule has 3 heteroatoms. The second-order valence-electron chi connectivity index (χ2n) is 4.15. The molecule has 0 atom stereocenters. The van der Waals surface area contributed by atoms with Gasteiger partial charge in [-0.2, -0.15) is 0 Å². The SMILES string of the molecule is CCCN(CC)c1ccc2ncccc2c1N. The lowest BCUT2D eigenvalue weighted by Crippen LogP contribution is -2.24. The number of rotatable bonds is 4. The van der Waals surface area contributed by atoms with E-state index in [2.05, 4.69) is 29.8 Å². The van der Waals surface area contributed by atoms with E-state index >= 15 is 0 Å². The molecule has 0 bridgehead atoms. The van der Waals surface area contributed by atoms with Gasteiger partial charge in [0.25, 0.3) is 0 Å². The lowest BCUT2D eigenvalue weighted by molar-refractivity contribution is 0.793. The van der Waals surface area contributed by atoms with Crippen LogP contribution in [-0.2, 0) is 0 Å². The highest BCUT2D eigenvalue weighted by atomic mass is 15.1. The summed E-state index contributed by atoms with van der Waals surface area (Å²) in [6.07, 6.45) is 2.92. The van der Waals surface area contributed by atoms with E-state index in [1.807, 2.05) is 18.2 Å². The monoisotopic (exact) mass is 229 g/mol. The number of pyridine rings is 1. The molecular weight excluding hydrogens is 210 g/mol. The van der Waals surface area contributed by atoms with Crippen molar-refractivity contribution in [3.8, 4) is 0 Å². The molecule has 0 saturated carbocycles. The van der Waals surface area contributed by atoms with Gasteiger partial charge in [-0.3, -0.25) is 4.98 Å². The Morgan fingerprint density at radius 2 is 2.06 bits per heavy atom. The van der Waals surface area contributed by atoms with Crippen LogP contribution in [0.2, 0.25) is 0 Å². The molecule has 1 aromatic heterocycles. The molecular formula is C14H19N3. The number of anilines is 2. The third-order valence-electron chi connectivity index (χ3n) is 3.02. The highest BCUT2D eigenvalue weighted by Crippen LogP contribution is 2.30. The van der Waals surface area contributed by atoms with E-state index in [9.17, 15) is 0 Å². The highest BCUT2D eigenvalue weighted by Gasteiger charge is 2.09. The molecule has 2 aromatic rings. The lowest BCUT2D eigenvalue weighted by atomic mass is 10.1. The molecule has 0 saturated heterocycles. The van der Waals surface area contributed by atoms with E-state index < -0.39 is 0 Å². The van der Waals surface area contributed by atoms with Gasteiger partial charge in [0.2, 0.25) is 0 Å². The second-order valence-corrected chi connectivity index (χ2v) is 4.15. The summed E-state index contributed by atoms with van der Waals surface area (Å²) in [7, 11) is 0. The molecule has 1 aromatic carbocycles. The van der Waals surface area contributed by atoms with Gasteiger partial charge in [0, 0.05) is 24.7 Å². The van der Waals surface area contributed by atoms with Crippen molar-refractivity contribution < 1.29 is 0 Å². The molecule has 17 heavy (non-hydrogen) atoms. The van der Waals surface area contributed by atoms with Crippen molar-refractivity contribution in [2.45, 2.75) is 20.3 Å². The fourth-order valence-corrected chi connectivity index (χ4v) is 2.16. The number of nitrogen functional groups attached to an aromatic ring is 1. The summed E-state index contributed by atoms with van der Waals surface area (Å²) in [6, 6.07) is 8.07. The number of nitrogens with two attached hydrogens (primary N) is 1. The standard InChI is InChI=1S/C14H19N3/c1-3-10-17(4-2)13-8-7-12-11(14(13)15)6-5-9-16-12/h5-9H,3-4,10,15H2,1-2H3. The van der Waals surface area contributed by atoms with Crippen molar-refractivity contribution >= 4 is 22.3 Å². The van der Waals surface area contributed by atoms with E-state index in [0.717, 1.165) is 41.8 Å². The molecule has 0 unspecified atom stereocenters. The molecule has 0 aliphatic rings. The van der Waals surface area contributed by atoms with Crippen molar-refractivity contribution in [2.24, 2.45) is 0 Å². The topological polar surface area (TPSA) is 42.2 Å². The van der Waals surface area contributed by atoms with Crippen LogP contribution in [-0.4, -0.2) is 18.1 Å². The van der Waals surface area contributed by atoms with Crippen molar-refractivity contribution in [1.82, 2.24) is 4.98 Å². The summed E-state index contributed by atoms with van der Waals surface area (Å²) < 4.78 is 0. The Kier molecular flexibility index (Phi) is 3.47. The zero-order valence-electron chi connectivity index (χ0n) is 10.5. The Balaban J connectivity index is 2.51. The third kappa shape index (κ3) is 2.18. The summed E-state index contributed by atoms with van der Waals surface area (Å²) in [5.41, 5.74) is 9.16. The van der Waals surface area contributed by atoms with Gasteiger partial charge in [-0.25, -0.2) is 0 Å². The summed E-state index contributed by atoms with van der Waals surface area (Å²) in [4.78, 5) is 6.62. The van der Waals surface area contributed by atoms with Crippen LogP contribution in [0.4, 0.5) is 11.4 Å². The predicted molar refractivity (Wildman–Crippen MR) is 74.3 cm³/mol. The van der Waals surface area contributed by atoms with Crippen LogP contribution in [0.5, 0.6) is 0 Å². The summed E-state index contributed by atoms with van der Waals surface area (Å²) in [5.74, 6) is 0. The minimum absolute atomic E-state index is 0.839. The zero-order chi connectivity index (χ0) is 12.3. The Morgan fingerprint density at radius 1 is 1.24 bits per heavy atom. The van der Waals surface area contributed by atoms with Crippen molar-refractivity contribution in [2.75, 3.05) is 23.7 Å². The minimum atomic E-state index is 0.839. The summed E-state index contributed by atoms with van der Waals surface area (Å²) >= 11 is 0. The van der Waals surface area contributed by atoms with E-state index in [0.29, 0.717) is 0 Å². The Labute approximate surface area is 102 Å². The lowest BCUT2D eigenvalue weighted by Gasteiger charge is -2.24. The Bertz CT molecular complexity index is 508. The maximum atomic E-state index is 6.24. The van der Waals surface area contributed by atoms with Crippen LogP contribution in [0.15, 0.2) is 30.5 Å². The van der Waals surface area contributed by atoms with Gasteiger partial charge in [-0.05, 0) is 37.6 Å². The van der Waals surface area contributed by atoms with Gasteiger partial charge in [-0.15, -0.1) is 0 Å². The number of benzene rings is 1. The normalized spacial score (nSPS) is 10.7. The number of nitrogens with zero attached hydrogens (tertiary/aromatic N) is 2. The molecule has 0 radical (unpaired) electrons. The molecule has 0 fully saturated rings. The van der Waals surface area contributed by atoms with Crippen LogP contribution in [0.3, 0.4) is 0 Å². The average molecular weight is 229 g/mol. The van der Waals surface area contributed by atoms with Crippen LogP contribution in [0.1, 0.15) is 20.3 Å². The number of aromatic nitrogens is 1. The zero-order valence-corrected chi connectivity index (χ0v) is 10.5. The first-order valence-corrected chi connectivity index (χ1v) is 6.16. The molecule has 0 amide bonds. The van der Waals surface area contributed by atoms with Crippen molar-refractivity contribution in [3.05, 3.63) is 30.5 Å². The van der Waals surface area contributed by atoms with Crippen molar-refractivity contribution in [1.29, 1.82) is 0 Å². The molecule has 0 spiro atoms. The van der Waals surface area contributed by atoms with Gasteiger partial charge < -0.3 is 10.6 Å². The van der Waals surface area contributed by atoms with E-state index in [-0.39, 0.29) is 0 Å². The van der Waals surface area contributed by atoms with E-state index in [4.69, 9.17) is 5.73 Å². The Morgan fingerprint density at radius 3 is 2.76 bits per heavy atom. The molecule has 90 valence electrons. The van der Waals surface area contributed by atoms with Crippen LogP contribution in [0, 0.1) is 0 Å². The first-order chi connectivity index (χ1) is 8.27. The van der Waals surface area contributed by atoms with Crippen LogP contribution < -0.4 is 10.6 Å². The number of hydrogen-bond acceptors (Lipinski definition) is 3. The van der Waals surface area contributed by atoms with Gasteiger partial charge in [0.05, 0.1) is 16.9 Å². The van der Waals surface area contributed by atoms with Gasteiger partial charge in [-0.1, -0.05) is 6.92 Å². The highest BCUT2D eigenvalue weighted by molar-refractivity contribution is 5.97. The third-order valence-corrected chi connectivity index (χ3v) is 3.02. The fourth-order valence-electron chi connectivity index (χ4n) is 2.16. The Hall–Kier alpha value is -1.77. The van der Waals surface area contributed by atoms with Gasteiger partial charge >= 0.3 is 0 Å². The quantitative estimate of drug-likeness (QED) is 0.819. The predicted octanol–water partition coefficient (Wildman–Crippen LogP) is 3.05. The largest absolute Gasteiger partial charge is 0.396 e. The number of fused-ring (bicyclic) bond motifs is 1. The van der Waals surface area contributed by atoms with Crippen molar-refractivity contribution in [3.63, 3.8) is 0 Å². The molecule has 1 heterocycles. The summed E-state index contributed by atoms with van der Waals surface area (Å²) in [5, 5.41) is 1.04. The summed E-state index contributed by atoms with van der Waals surface area (Å²) in [6.45, 7) is 6.35. The van der Waals surface area contributed by atoms with Gasteiger partial charge in [0.15, 0.2) is 0 Å². The fraction of sp³-hybridized carbons (Fsp3) is 0.357. The average Bonchev–Trinajstić information content (AvgIpc) is 2.37. The molecule has 0 aliphatic carbocycles. The first kappa shape index (κ1) is 11.7. The van der Waals surface area contributed by atoms with Gasteiger partial charge in [0.1, 0.15) is 0 Å².